The number of esters is 2. The van der Waals surface area contributed by atoms with E-state index >= 15 is 0 Å². The van der Waals surface area contributed by atoms with E-state index in [1.807, 2.05) is 41.1 Å². The standard InChI is InChI=1S/C27H26N2O7/c1-17(30)33-23-14-20(16-32-25(31)18-8-4-3-5-9-18)34-26-24(23)35-27(2,36-26)29-15-19(12-13-28)21-10-6-7-11-22(21)29/h3-11,15,20,23-24,26H,12,14,16H2,1-2H3/t20-,23-,24-,26-,27+/m0/s1. The summed E-state index contributed by atoms with van der Waals surface area (Å²) in [5, 5.41) is 10.2. The van der Waals surface area contributed by atoms with E-state index in [-0.39, 0.29) is 19.4 Å². The molecular formula is C27H26N2O7. The SMILES string of the molecule is CC(=O)O[C@H]1C[C@@H](COC(=O)c2ccccc2)O[C@H]2O[C@](C)(n3cc(CC#N)c4ccccc43)O[C@H]21. The molecule has 0 saturated carbocycles. The van der Waals surface area contributed by atoms with Crippen LogP contribution in [0.5, 0.6) is 0 Å². The monoisotopic (exact) mass is 490 g/mol. The molecule has 0 bridgehead atoms. The number of carbonyl (C=O) groups is 2. The maximum absolute atomic E-state index is 12.4. The molecule has 0 N–H and O–H groups in total. The highest BCUT2D eigenvalue weighted by molar-refractivity contribution is 5.89. The summed E-state index contributed by atoms with van der Waals surface area (Å²) in [7, 11) is 0. The highest BCUT2D eigenvalue weighted by atomic mass is 16.8. The molecule has 5 atom stereocenters. The maximum Gasteiger partial charge on any atom is 0.338 e. The first-order valence-electron chi connectivity index (χ1n) is 11.7. The van der Waals surface area contributed by atoms with Gasteiger partial charge in [0.1, 0.15) is 12.7 Å². The minimum Gasteiger partial charge on any atom is -0.459 e. The van der Waals surface area contributed by atoms with Gasteiger partial charge in [-0.3, -0.25) is 14.1 Å². The molecule has 2 aliphatic rings. The molecule has 5 rings (SSSR count). The Balaban J connectivity index is 1.37. The lowest BCUT2D eigenvalue weighted by atomic mass is 10.0. The molecule has 0 amide bonds. The Bertz CT molecular complexity index is 1310. The van der Waals surface area contributed by atoms with Crippen molar-refractivity contribution in [1.29, 1.82) is 5.26 Å². The van der Waals surface area contributed by atoms with Gasteiger partial charge in [0.25, 0.3) is 5.91 Å². The van der Waals surface area contributed by atoms with Crippen molar-refractivity contribution in [2.24, 2.45) is 0 Å². The number of rotatable bonds is 6. The molecule has 2 saturated heterocycles. The first kappa shape index (κ1) is 24.0. The first-order chi connectivity index (χ1) is 17.4. The molecule has 2 aliphatic heterocycles. The quantitative estimate of drug-likeness (QED) is 0.482. The normalized spacial score (nSPS) is 27.2. The van der Waals surface area contributed by atoms with E-state index in [0.717, 1.165) is 16.5 Å². The van der Waals surface area contributed by atoms with E-state index in [1.165, 1.54) is 6.92 Å². The molecule has 0 spiro atoms. The Kier molecular flexibility index (Phi) is 6.49. The summed E-state index contributed by atoms with van der Waals surface area (Å²) in [5.74, 6) is -2.21. The van der Waals surface area contributed by atoms with Crippen molar-refractivity contribution in [2.45, 2.75) is 57.2 Å². The van der Waals surface area contributed by atoms with Gasteiger partial charge in [-0.1, -0.05) is 36.4 Å². The van der Waals surface area contributed by atoms with E-state index in [2.05, 4.69) is 6.07 Å². The molecule has 2 fully saturated rings. The molecule has 0 radical (unpaired) electrons. The fourth-order valence-electron chi connectivity index (χ4n) is 4.80. The van der Waals surface area contributed by atoms with Gasteiger partial charge in [-0.25, -0.2) is 4.79 Å². The Labute approximate surface area is 208 Å². The summed E-state index contributed by atoms with van der Waals surface area (Å²) in [6.45, 7) is 3.05. The molecule has 186 valence electrons. The number of carbonyl (C=O) groups excluding carboxylic acids is 2. The predicted octanol–water partition coefficient (Wildman–Crippen LogP) is 3.66. The number of hydrogen-bond donors (Lipinski definition) is 0. The van der Waals surface area contributed by atoms with Gasteiger partial charge in [-0.2, -0.15) is 5.26 Å². The van der Waals surface area contributed by atoms with Gasteiger partial charge in [-0.05, 0) is 23.8 Å². The van der Waals surface area contributed by atoms with Crippen molar-refractivity contribution in [1.82, 2.24) is 4.57 Å². The molecular weight excluding hydrogens is 464 g/mol. The number of para-hydroxylation sites is 1. The van der Waals surface area contributed by atoms with Gasteiger partial charge >= 0.3 is 11.9 Å². The first-order valence-corrected chi connectivity index (χ1v) is 11.7. The number of hydrogen-bond acceptors (Lipinski definition) is 8. The molecule has 9 heteroatoms. The third-order valence-electron chi connectivity index (χ3n) is 6.37. The number of fused-ring (bicyclic) bond motifs is 2. The fourth-order valence-corrected chi connectivity index (χ4v) is 4.80. The van der Waals surface area contributed by atoms with Crippen molar-refractivity contribution in [3.05, 3.63) is 71.9 Å². The molecule has 3 aromatic rings. The van der Waals surface area contributed by atoms with Crippen LogP contribution in [-0.2, 0) is 40.8 Å². The Hall–Kier alpha value is -3.71. The molecule has 0 aliphatic carbocycles. The van der Waals surface area contributed by atoms with Crippen LogP contribution in [-0.4, -0.2) is 47.7 Å². The van der Waals surface area contributed by atoms with Crippen LogP contribution in [0.15, 0.2) is 60.8 Å². The van der Waals surface area contributed by atoms with E-state index in [0.29, 0.717) is 5.56 Å². The zero-order valence-electron chi connectivity index (χ0n) is 20.0. The van der Waals surface area contributed by atoms with Gasteiger partial charge < -0.3 is 18.9 Å². The van der Waals surface area contributed by atoms with Gasteiger partial charge in [-0.15, -0.1) is 0 Å². The van der Waals surface area contributed by atoms with Gasteiger partial charge in [0.05, 0.1) is 29.7 Å². The van der Waals surface area contributed by atoms with Crippen LogP contribution >= 0.6 is 0 Å². The summed E-state index contributed by atoms with van der Waals surface area (Å²) in [6, 6.07) is 18.5. The lowest BCUT2D eigenvalue weighted by Gasteiger charge is -2.35. The number of aromatic nitrogens is 1. The van der Waals surface area contributed by atoms with E-state index < -0.39 is 42.5 Å². The Morgan fingerprint density at radius 1 is 1.14 bits per heavy atom. The van der Waals surface area contributed by atoms with Crippen LogP contribution in [0.3, 0.4) is 0 Å². The van der Waals surface area contributed by atoms with Crippen LogP contribution in [0.4, 0.5) is 0 Å². The third kappa shape index (κ3) is 4.58. The summed E-state index contributed by atoms with van der Waals surface area (Å²) < 4.78 is 31.6. The molecule has 9 nitrogen and oxygen atoms in total. The van der Waals surface area contributed by atoms with Crippen LogP contribution in [0.2, 0.25) is 0 Å². The summed E-state index contributed by atoms with van der Waals surface area (Å²) >= 11 is 0. The number of nitriles is 1. The second-order valence-electron chi connectivity index (χ2n) is 8.95. The van der Waals surface area contributed by atoms with Gasteiger partial charge in [0.15, 0.2) is 12.4 Å². The van der Waals surface area contributed by atoms with Gasteiger partial charge in [0, 0.05) is 31.9 Å². The average molecular weight is 491 g/mol. The maximum atomic E-state index is 12.4. The van der Waals surface area contributed by atoms with Crippen molar-refractivity contribution >= 4 is 22.8 Å². The summed E-state index contributed by atoms with van der Waals surface area (Å²) in [6.07, 6.45) is -0.444. The fraction of sp³-hybridized carbons (Fsp3) is 0.370. The predicted molar refractivity (Wildman–Crippen MR) is 126 cm³/mol. The van der Waals surface area contributed by atoms with Crippen LogP contribution in [0.25, 0.3) is 10.9 Å². The third-order valence-corrected chi connectivity index (χ3v) is 6.37. The average Bonchev–Trinajstić information content (AvgIpc) is 3.42. The van der Waals surface area contributed by atoms with Crippen LogP contribution < -0.4 is 0 Å². The van der Waals surface area contributed by atoms with Crippen LogP contribution in [0.1, 0.15) is 36.2 Å². The number of nitrogens with zero attached hydrogens (tertiary/aromatic N) is 2. The van der Waals surface area contributed by atoms with E-state index in [4.69, 9.17) is 23.7 Å². The molecule has 36 heavy (non-hydrogen) atoms. The second kappa shape index (κ2) is 9.74. The lowest BCUT2D eigenvalue weighted by molar-refractivity contribution is -0.258. The molecule has 3 heterocycles. The minimum atomic E-state index is -1.28. The Morgan fingerprint density at radius 3 is 2.64 bits per heavy atom. The van der Waals surface area contributed by atoms with Crippen molar-refractivity contribution in [2.75, 3.05) is 6.61 Å². The largest absolute Gasteiger partial charge is 0.459 e. The topological polar surface area (TPSA) is 109 Å². The summed E-state index contributed by atoms with van der Waals surface area (Å²) in [5.41, 5.74) is 2.12. The zero-order chi connectivity index (χ0) is 25.3. The molecule has 1 aromatic heterocycles. The highest BCUT2D eigenvalue weighted by Gasteiger charge is 2.55. The van der Waals surface area contributed by atoms with E-state index in [1.54, 1.807) is 31.2 Å². The highest BCUT2D eigenvalue weighted by Crippen LogP contribution is 2.42. The van der Waals surface area contributed by atoms with Crippen molar-refractivity contribution in [3.8, 4) is 6.07 Å². The van der Waals surface area contributed by atoms with Crippen molar-refractivity contribution < 1.29 is 33.3 Å². The van der Waals surface area contributed by atoms with E-state index in [9.17, 15) is 14.9 Å². The minimum absolute atomic E-state index is 0.0342. The van der Waals surface area contributed by atoms with Crippen LogP contribution in [0, 0.1) is 11.3 Å². The zero-order valence-corrected chi connectivity index (χ0v) is 20.0. The number of benzene rings is 2. The smallest absolute Gasteiger partial charge is 0.338 e. The second-order valence-corrected chi connectivity index (χ2v) is 8.95. The lowest BCUT2D eigenvalue weighted by Crippen LogP contribution is -2.49. The van der Waals surface area contributed by atoms with Gasteiger partial charge in [0.2, 0.25) is 0 Å². The van der Waals surface area contributed by atoms with Crippen molar-refractivity contribution in [3.63, 3.8) is 0 Å². The molecule has 0 unspecified atom stereocenters. The Morgan fingerprint density at radius 2 is 1.89 bits per heavy atom. The summed E-state index contributed by atoms with van der Waals surface area (Å²) in [4.78, 5) is 24.3. The number of ether oxygens (including phenoxy) is 5. The molecule has 2 aromatic carbocycles.